The van der Waals surface area contributed by atoms with Crippen molar-refractivity contribution in [2.24, 2.45) is 5.92 Å². The molecule has 0 spiro atoms. The number of nitrogens with one attached hydrogen (secondary N) is 2. The standard InChI is InChI=1S/C24H23N3O3S/c1-23(2)14-8-9-24(3)15(17(14)18-19(28)26-22(29)27-20(18)30-23)11-13-10-12-6-4-5-7-16(12)25-21(13)31-24/h4-7,10-11,14,17H,8-9H2,1-3H3,(H2,26,27,28,29). The van der Waals surface area contributed by atoms with Gasteiger partial charge in [0, 0.05) is 27.5 Å². The van der Waals surface area contributed by atoms with E-state index in [-0.39, 0.29) is 22.1 Å². The summed E-state index contributed by atoms with van der Waals surface area (Å²) in [5.41, 5.74) is 2.44. The van der Waals surface area contributed by atoms with Crippen molar-refractivity contribution in [1.29, 1.82) is 0 Å². The number of aromatic nitrogens is 3. The first-order valence-electron chi connectivity index (χ1n) is 10.6. The van der Waals surface area contributed by atoms with E-state index in [0.717, 1.165) is 34.3 Å². The van der Waals surface area contributed by atoms with E-state index in [4.69, 9.17) is 9.72 Å². The van der Waals surface area contributed by atoms with Gasteiger partial charge in [-0.1, -0.05) is 36.0 Å². The number of benzene rings is 1. The van der Waals surface area contributed by atoms with Crippen molar-refractivity contribution in [2.75, 3.05) is 0 Å². The molecule has 3 aromatic rings. The number of nitrogens with zero attached hydrogens (tertiary/aromatic N) is 1. The van der Waals surface area contributed by atoms with Gasteiger partial charge in [-0.05, 0) is 51.3 Å². The summed E-state index contributed by atoms with van der Waals surface area (Å²) >= 11 is 1.79. The number of hydrogen-bond acceptors (Lipinski definition) is 5. The van der Waals surface area contributed by atoms with E-state index in [1.807, 2.05) is 18.2 Å². The van der Waals surface area contributed by atoms with Gasteiger partial charge in [0.15, 0.2) is 0 Å². The van der Waals surface area contributed by atoms with E-state index in [0.29, 0.717) is 11.4 Å². The van der Waals surface area contributed by atoms with Crippen molar-refractivity contribution in [3.63, 3.8) is 0 Å². The highest BCUT2D eigenvalue weighted by Gasteiger charge is 2.54. The Bertz CT molecular complexity index is 1400. The first-order valence-corrected chi connectivity index (χ1v) is 11.4. The Morgan fingerprint density at radius 2 is 1.97 bits per heavy atom. The van der Waals surface area contributed by atoms with Crippen LogP contribution in [0.5, 0.6) is 5.88 Å². The van der Waals surface area contributed by atoms with Crippen LogP contribution in [0, 0.1) is 5.92 Å². The number of aromatic amines is 2. The first-order chi connectivity index (χ1) is 14.7. The molecular weight excluding hydrogens is 410 g/mol. The van der Waals surface area contributed by atoms with Gasteiger partial charge in [-0.3, -0.25) is 14.8 Å². The summed E-state index contributed by atoms with van der Waals surface area (Å²) in [6.07, 6.45) is 4.14. The number of ether oxygens (including phenoxy) is 1. The summed E-state index contributed by atoms with van der Waals surface area (Å²) in [5, 5.41) is 2.13. The molecule has 6 nitrogen and oxygen atoms in total. The van der Waals surface area contributed by atoms with Crippen LogP contribution in [0.1, 0.15) is 50.7 Å². The molecule has 2 aromatic heterocycles. The summed E-state index contributed by atoms with van der Waals surface area (Å²) in [6.45, 7) is 6.35. The number of fused-ring (bicyclic) bond motifs is 7. The van der Waals surface area contributed by atoms with Crippen molar-refractivity contribution >= 4 is 28.7 Å². The zero-order valence-electron chi connectivity index (χ0n) is 17.6. The lowest BCUT2D eigenvalue weighted by Crippen LogP contribution is -2.53. The Hall–Kier alpha value is -2.80. The second kappa shape index (κ2) is 6.13. The molecule has 3 atom stereocenters. The highest BCUT2D eigenvalue weighted by Crippen LogP contribution is 2.61. The second-order valence-corrected chi connectivity index (χ2v) is 11.0. The fourth-order valence-electron chi connectivity index (χ4n) is 5.60. The predicted molar refractivity (Wildman–Crippen MR) is 122 cm³/mol. The van der Waals surface area contributed by atoms with Crippen LogP contribution in [0.2, 0.25) is 0 Å². The first kappa shape index (κ1) is 18.9. The Balaban J connectivity index is 1.62. The molecular formula is C24H23N3O3S. The van der Waals surface area contributed by atoms with E-state index >= 15 is 0 Å². The molecule has 0 bridgehead atoms. The van der Waals surface area contributed by atoms with Crippen molar-refractivity contribution < 1.29 is 4.74 Å². The minimum atomic E-state index is -0.537. The van der Waals surface area contributed by atoms with Crippen LogP contribution in [0.4, 0.5) is 0 Å². The number of H-pyrrole nitrogens is 2. The predicted octanol–water partition coefficient (Wildman–Crippen LogP) is 4.22. The third-order valence-corrected chi connectivity index (χ3v) is 8.55. The van der Waals surface area contributed by atoms with Crippen molar-refractivity contribution in [2.45, 2.75) is 54.9 Å². The molecule has 0 amide bonds. The molecule has 7 heteroatoms. The van der Waals surface area contributed by atoms with Gasteiger partial charge >= 0.3 is 5.69 Å². The highest BCUT2D eigenvalue weighted by atomic mass is 32.2. The lowest BCUT2D eigenvalue weighted by molar-refractivity contribution is -0.00271. The maximum Gasteiger partial charge on any atom is 0.328 e. The third kappa shape index (κ3) is 2.69. The molecule has 1 aliphatic carbocycles. The average molecular weight is 434 g/mol. The molecule has 6 rings (SSSR count). The van der Waals surface area contributed by atoms with Crippen LogP contribution >= 0.6 is 11.8 Å². The molecule has 31 heavy (non-hydrogen) atoms. The normalized spacial score (nSPS) is 27.9. The number of hydrogen-bond donors (Lipinski definition) is 2. The Morgan fingerprint density at radius 3 is 2.81 bits per heavy atom. The smallest absolute Gasteiger partial charge is 0.328 e. The highest BCUT2D eigenvalue weighted by molar-refractivity contribution is 8.01. The minimum absolute atomic E-state index is 0.120. The lowest BCUT2D eigenvalue weighted by Gasteiger charge is -2.53. The molecule has 0 radical (unpaired) electrons. The number of para-hydroxylation sites is 1. The summed E-state index contributed by atoms with van der Waals surface area (Å²) in [7, 11) is 0. The zero-order chi connectivity index (χ0) is 21.5. The molecule has 3 aliphatic rings. The Labute approximate surface area is 183 Å². The third-order valence-electron chi connectivity index (χ3n) is 7.14. The van der Waals surface area contributed by atoms with E-state index in [9.17, 15) is 9.59 Å². The van der Waals surface area contributed by atoms with Crippen molar-refractivity contribution in [3.05, 3.63) is 67.9 Å². The van der Waals surface area contributed by atoms with E-state index in [2.05, 4.69) is 48.9 Å². The fraction of sp³-hybridized carbons (Fsp3) is 0.375. The molecule has 1 saturated carbocycles. The maximum atomic E-state index is 12.9. The molecule has 1 aromatic carbocycles. The van der Waals surface area contributed by atoms with Crippen LogP contribution in [-0.2, 0) is 0 Å². The summed E-state index contributed by atoms with van der Waals surface area (Å²) in [5.74, 6) is 0.324. The SMILES string of the molecule is CC12CCC3C(C1=Cc1cc4ccccc4nc1S2)c1c([nH]c(=O)[nH]c1=O)OC3(C)C. The zero-order valence-corrected chi connectivity index (χ0v) is 18.4. The van der Waals surface area contributed by atoms with Gasteiger partial charge in [0.2, 0.25) is 5.88 Å². The lowest BCUT2D eigenvalue weighted by atomic mass is 9.61. The van der Waals surface area contributed by atoms with Gasteiger partial charge in [0.25, 0.3) is 5.56 Å². The molecule has 3 unspecified atom stereocenters. The van der Waals surface area contributed by atoms with Crippen LogP contribution in [-0.4, -0.2) is 25.3 Å². The molecule has 0 saturated heterocycles. The van der Waals surface area contributed by atoms with Gasteiger partial charge < -0.3 is 4.74 Å². The van der Waals surface area contributed by atoms with Crippen LogP contribution in [0.3, 0.4) is 0 Å². The van der Waals surface area contributed by atoms with Crippen LogP contribution in [0.25, 0.3) is 17.0 Å². The molecule has 158 valence electrons. The number of rotatable bonds is 0. The van der Waals surface area contributed by atoms with Gasteiger partial charge in [0.05, 0.1) is 11.1 Å². The summed E-state index contributed by atoms with van der Waals surface area (Å²) < 4.78 is 6.00. The minimum Gasteiger partial charge on any atom is -0.472 e. The second-order valence-electron chi connectivity index (χ2n) is 9.49. The maximum absolute atomic E-state index is 12.9. The molecule has 1 fully saturated rings. The van der Waals surface area contributed by atoms with E-state index in [1.165, 1.54) is 5.57 Å². The number of thioether (sulfide) groups is 1. The molecule has 2 aliphatic heterocycles. The van der Waals surface area contributed by atoms with Crippen molar-refractivity contribution in [3.8, 4) is 5.88 Å². The Morgan fingerprint density at radius 1 is 1.16 bits per heavy atom. The van der Waals surface area contributed by atoms with Crippen LogP contribution < -0.4 is 16.0 Å². The van der Waals surface area contributed by atoms with Gasteiger partial charge in [-0.2, -0.15) is 0 Å². The monoisotopic (exact) mass is 433 g/mol. The number of pyridine rings is 1. The van der Waals surface area contributed by atoms with Crippen LogP contribution in [0.15, 0.2) is 50.5 Å². The van der Waals surface area contributed by atoms with Gasteiger partial charge in [-0.25, -0.2) is 9.78 Å². The quantitative estimate of drug-likeness (QED) is 0.554. The fourth-order valence-corrected chi connectivity index (χ4v) is 6.93. The molecule has 4 heterocycles. The Kier molecular flexibility index (Phi) is 3.74. The van der Waals surface area contributed by atoms with Gasteiger partial charge in [-0.15, -0.1) is 0 Å². The molecule has 2 N–H and O–H groups in total. The largest absolute Gasteiger partial charge is 0.472 e. The average Bonchev–Trinajstić information content (AvgIpc) is 2.69. The van der Waals surface area contributed by atoms with Gasteiger partial charge in [0.1, 0.15) is 10.6 Å². The van der Waals surface area contributed by atoms with E-state index < -0.39 is 11.3 Å². The van der Waals surface area contributed by atoms with Crippen molar-refractivity contribution in [1.82, 2.24) is 15.0 Å². The summed E-state index contributed by atoms with van der Waals surface area (Å²) in [6, 6.07) is 10.3. The van der Waals surface area contributed by atoms with E-state index in [1.54, 1.807) is 11.8 Å². The topological polar surface area (TPSA) is 87.8 Å². The summed E-state index contributed by atoms with van der Waals surface area (Å²) in [4.78, 5) is 35.0.